The molecule has 5 heteroatoms. The number of rotatable bonds is 5. The van der Waals surface area contributed by atoms with Gasteiger partial charge in [-0.2, -0.15) is 0 Å². The van der Waals surface area contributed by atoms with Gasteiger partial charge in [-0.3, -0.25) is 4.79 Å². The van der Waals surface area contributed by atoms with Gasteiger partial charge in [-0.15, -0.1) is 0 Å². The number of nitrogens with one attached hydrogen (secondary N) is 2. The fourth-order valence-electron chi connectivity index (χ4n) is 2.55. The largest absolute Gasteiger partial charge is 0.373 e. The fourth-order valence-corrected chi connectivity index (χ4v) is 2.76. The van der Waals surface area contributed by atoms with Gasteiger partial charge < -0.3 is 10.6 Å². The summed E-state index contributed by atoms with van der Waals surface area (Å²) in [5.41, 5.74) is 0.552. The van der Waals surface area contributed by atoms with Crippen molar-refractivity contribution in [3.05, 3.63) is 22.8 Å². The van der Waals surface area contributed by atoms with Crippen molar-refractivity contribution in [2.75, 3.05) is 18.9 Å². The Morgan fingerprint density at radius 1 is 1.42 bits per heavy atom. The van der Waals surface area contributed by atoms with Crippen LogP contribution in [0, 0.1) is 5.92 Å². The molecule has 19 heavy (non-hydrogen) atoms. The number of anilines is 1. The van der Waals surface area contributed by atoms with E-state index in [1.165, 1.54) is 25.7 Å². The Kier molecular flexibility index (Phi) is 5.02. The van der Waals surface area contributed by atoms with Crippen molar-refractivity contribution in [2.45, 2.75) is 32.1 Å². The third-order valence-electron chi connectivity index (χ3n) is 3.63. The van der Waals surface area contributed by atoms with E-state index < -0.39 is 0 Å². The topological polar surface area (TPSA) is 54.0 Å². The van der Waals surface area contributed by atoms with Crippen LogP contribution < -0.4 is 10.6 Å². The Morgan fingerprint density at radius 2 is 2.16 bits per heavy atom. The molecule has 0 unspecified atom stereocenters. The number of carbonyl (C=O) groups is 1. The van der Waals surface area contributed by atoms with Crippen LogP contribution >= 0.6 is 11.6 Å². The summed E-state index contributed by atoms with van der Waals surface area (Å²) < 4.78 is 0. The van der Waals surface area contributed by atoms with Gasteiger partial charge in [-0.05, 0) is 24.5 Å². The number of nitrogens with zero attached hydrogens (tertiary/aromatic N) is 1. The summed E-state index contributed by atoms with van der Waals surface area (Å²) in [7, 11) is 1.75. The molecule has 1 amide bonds. The van der Waals surface area contributed by atoms with Crippen molar-refractivity contribution >= 4 is 23.3 Å². The van der Waals surface area contributed by atoms with E-state index in [2.05, 4.69) is 15.6 Å². The zero-order valence-electron chi connectivity index (χ0n) is 11.2. The van der Waals surface area contributed by atoms with Gasteiger partial charge >= 0.3 is 0 Å². The highest BCUT2D eigenvalue weighted by Gasteiger charge is 2.15. The van der Waals surface area contributed by atoms with Crippen molar-refractivity contribution in [2.24, 2.45) is 5.92 Å². The lowest BCUT2D eigenvalue weighted by atomic mass is 10.0. The van der Waals surface area contributed by atoms with Gasteiger partial charge in [-0.1, -0.05) is 37.3 Å². The van der Waals surface area contributed by atoms with Gasteiger partial charge in [0.1, 0.15) is 11.0 Å². The second kappa shape index (κ2) is 6.75. The number of aromatic nitrogens is 1. The fraction of sp³-hybridized carbons (Fsp3) is 0.571. The van der Waals surface area contributed by atoms with E-state index in [9.17, 15) is 4.79 Å². The summed E-state index contributed by atoms with van der Waals surface area (Å²) in [6, 6.07) is 3.30. The average Bonchev–Trinajstić information content (AvgIpc) is 2.91. The third-order valence-corrected chi connectivity index (χ3v) is 3.82. The van der Waals surface area contributed by atoms with E-state index in [4.69, 9.17) is 11.6 Å². The van der Waals surface area contributed by atoms with E-state index in [-0.39, 0.29) is 5.91 Å². The molecule has 1 aromatic rings. The molecular formula is C14H20ClN3O. The number of halogens is 1. The summed E-state index contributed by atoms with van der Waals surface area (Å²) in [6.07, 6.45) is 6.36. The molecule has 4 nitrogen and oxygen atoms in total. The van der Waals surface area contributed by atoms with Gasteiger partial charge in [0.25, 0.3) is 5.91 Å². The molecule has 1 saturated carbocycles. The zero-order chi connectivity index (χ0) is 13.7. The van der Waals surface area contributed by atoms with Crippen LogP contribution in [0.1, 0.15) is 42.5 Å². The minimum Gasteiger partial charge on any atom is -0.373 e. The van der Waals surface area contributed by atoms with Crippen molar-refractivity contribution in [1.82, 2.24) is 10.3 Å². The van der Waals surface area contributed by atoms with Crippen molar-refractivity contribution in [3.8, 4) is 0 Å². The Balaban J connectivity index is 1.86. The molecule has 0 radical (unpaired) electrons. The van der Waals surface area contributed by atoms with Crippen molar-refractivity contribution < 1.29 is 4.79 Å². The van der Waals surface area contributed by atoms with Crippen LogP contribution in [-0.2, 0) is 0 Å². The molecule has 0 aromatic carbocycles. The molecule has 104 valence electrons. The minimum absolute atomic E-state index is 0.0844. The molecule has 2 N–H and O–H groups in total. The smallest absolute Gasteiger partial charge is 0.251 e. The summed E-state index contributed by atoms with van der Waals surface area (Å²) in [4.78, 5) is 16.1. The maximum Gasteiger partial charge on any atom is 0.251 e. The van der Waals surface area contributed by atoms with Gasteiger partial charge in [0.15, 0.2) is 0 Å². The summed E-state index contributed by atoms with van der Waals surface area (Å²) >= 11 is 5.88. The second-order valence-corrected chi connectivity index (χ2v) is 5.40. The van der Waals surface area contributed by atoms with Crippen LogP contribution in [-0.4, -0.2) is 24.5 Å². The molecule has 0 bridgehead atoms. The Bertz CT molecular complexity index is 444. The van der Waals surface area contributed by atoms with Crippen LogP contribution in [0.5, 0.6) is 0 Å². The van der Waals surface area contributed by atoms with Crippen LogP contribution in [0.25, 0.3) is 0 Å². The van der Waals surface area contributed by atoms with Crippen molar-refractivity contribution in [1.29, 1.82) is 0 Å². The molecule has 0 saturated heterocycles. The molecule has 1 fully saturated rings. The third kappa shape index (κ3) is 4.10. The predicted octanol–water partition coefficient (Wildman–Crippen LogP) is 3.09. The molecule has 1 aliphatic carbocycles. The van der Waals surface area contributed by atoms with Crippen molar-refractivity contribution in [3.63, 3.8) is 0 Å². The summed E-state index contributed by atoms with van der Waals surface area (Å²) in [5.74, 6) is 1.31. The van der Waals surface area contributed by atoms with E-state index in [1.807, 2.05) is 0 Å². The maximum atomic E-state index is 12.0. The first kappa shape index (κ1) is 14.1. The van der Waals surface area contributed by atoms with E-state index in [0.29, 0.717) is 16.5 Å². The Hall–Kier alpha value is -1.29. The van der Waals surface area contributed by atoms with Crippen LogP contribution in [0.4, 0.5) is 5.82 Å². The zero-order valence-corrected chi connectivity index (χ0v) is 12.0. The standard InChI is InChI=1S/C14H20ClN3O/c1-16-13-9-11(8-12(15)18-13)14(19)17-7-6-10-4-2-3-5-10/h8-10H,2-7H2,1H3,(H,16,18)(H,17,19). The molecule has 1 aliphatic rings. The minimum atomic E-state index is -0.0844. The highest BCUT2D eigenvalue weighted by atomic mass is 35.5. The lowest BCUT2D eigenvalue weighted by Crippen LogP contribution is -2.25. The Labute approximate surface area is 118 Å². The van der Waals surface area contributed by atoms with Crippen LogP contribution in [0.2, 0.25) is 5.15 Å². The molecule has 0 aliphatic heterocycles. The number of carbonyl (C=O) groups excluding carboxylic acids is 1. The highest BCUT2D eigenvalue weighted by molar-refractivity contribution is 6.29. The summed E-state index contributed by atoms with van der Waals surface area (Å²) in [6.45, 7) is 0.734. The second-order valence-electron chi connectivity index (χ2n) is 5.01. The number of hydrogen-bond acceptors (Lipinski definition) is 3. The van der Waals surface area contributed by atoms with E-state index >= 15 is 0 Å². The highest BCUT2D eigenvalue weighted by Crippen LogP contribution is 2.26. The SMILES string of the molecule is CNc1cc(C(=O)NCCC2CCCC2)cc(Cl)n1. The first-order valence-electron chi connectivity index (χ1n) is 6.82. The molecule has 0 spiro atoms. The number of pyridine rings is 1. The van der Waals surface area contributed by atoms with Gasteiger partial charge in [0.05, 0.1) is 0 Å². The van der Waals surface area contributed by atoms with Gasteiger partial charge in [0.2, 0.25) is 0 Å². The molecule has 1 aromatic heterocycles. The quantitative estimate of drug-likeness (QED) is 0.816. The normalized spacial score (nSPS) is 15.5. The number of amides is 1. The van der Waals surface area contributed by atoms with Gasteiger partial charge in [-0.25, -0.2) is 4.98 Å². The average molecular weight is 282 g/mol. The first-order valence-corrected chi connectivity index (χ1v) is 7.20. The summed E-state index contributed by atoms with van der Waals surface area (Å²) in [5, 5.41) is 6.17. The maximum absolute atomic E-state index is 12.0. The monoisotopic (exact) mass is 281 g/mol. The van der Waals surface area contributed by atoms with Crippen LogP contribution in [0.3, 0.4) is 0 Å². The Morgan fingerprint density at radius 3 is 2.84 bits per heavy atom. The molecule has 0 atom stereocenters. The predicted molar refractivity (Wildman–Crippen MR) is 77.7 cm³/mol. The molecular weight excluding hydrogens is 262 g/mol. The lowest BCUT2D eigenvalue weighted by Gasteiger charge is -2.10. The number of hydrogen-bond donors (Lipinski definition) is 2. The first-order chi connectivity index (χ1) is 9.19. The van der Waals surface area contributed by atoms with Gasteiger partial charge in [0, 0.05) is 19.2 Å². The lowest BCUT2D eigenvalue weighted by molar-refractivity contribution is 0.0951. The van der Waals surface area contributed by atoms with Crippen LogP contribution in [0.15, 0.2) is 12.1 Å². The van der Waals surface area contributed by atoms with E-state index in [1.54, 1.807) is 19.2 Å². The molecule has 1 heterocycles. The molecule has 2 rings (SSSR count). The van der Waals surface area contributed by atoms with E-state index in [0.717, 1.165) is 18.9 Å².